The lowest BCUT2D eigenvalue weighted by Crippen LogP contribution is -2.39. The van der Waals surface area contributed by atoms with Crippen LogP contribution in [0.2, 0.25) is 0 Å². The van der Waals surface area contributed by atoms with Crippen molar-refractivity contribution in [2.24, 2.45) is 5.41 Å². The van der Waals surface area contributed by atoms with Crippen LogP contribution in [0.3, 0.4) is 0 Å². The molecule has 6 heteroatoms. The minimum atomic E-state index is -1.03. The Morgan fingerprint density at radius 2 is 2.04 bits per heavy atom. The van der Waals surface area contributed by atoms with Crippen LogP contribution in [-0.4, -0.2) is 29.6 Å². The molecule has 1 aromatic heterocycles. The van der Waals surface area contributed by atoms with Gasteiger partial charge in [-0.3, -0.25) is 9.59 Å². The molecule has 0 saturated heterocycles. The van der Waals surface area contributed by atoms with Crippen molar-refractivity contribution in [1.29, 1.82) is 0 Å². The molecule has 3 rings (SSSR count). The number of fused-ring (bicyclic) bond motifs is 1. The van der Waals surface area contributed by atoms with Crippen LogP contribution in [-0.2, 0) is 17.8 Å². The van der Waals surface area contributed by atoms with Gasteiger partial charge in [0.05, 0.1) is 23.8 Å². The first-order valence-corrected chi connectivity index (χ1v) is 8.72. The summed E-state index contributed by atoms with van der Waals surface area (Å²) in [7, 11) is 0. The summed E-state index contributed by atoms with van der Waals surface area (Å²) in [5.41, 5.74) is 1.88. The average Bonchev–Trinajstić information content (AvgIpc) is 3.18. The van der Waals surface area contributed by atoms with Crippen LogP contribution in [0.15, 0.2) is 41.0 Å². The standard InChI is InChI=1S/C20H24N2O4/c1-13-10-14-6-4-5-7-16(14)22(13)11-17-15(8-9-26-17)18(23)21-12-20(2,3)19(24)25/h4-9,13H,10-12H2,1-3H3,(H,21,23)(H,24,25). The highest BCUT2D eigenvalue weighted by atomic mass is 16.4. The zero-order valence-corrected chi connectivity index (χ0v) is 15.3. The molecular formula is C20H24N2O4. The van der Waals surface area contributed by atoms with Gasteiger partial charge in [-0.05, 0) is 44.9 Å². The number of amides is 1. The molecule has 1 unspecified atom stereocenters. The summed E-state index contributed by atoms with van der Waals surface area (Å²) >= 11 is 0. The molecule has 6 nitrogen and oxygen atoms in total. The van der Waals surface area contributed by atoms with Gasteiger partial charge in [-0.15, -0.1) is 0 Å². The van der Waals surface area contributed by atoms with Crippen LogP contribution >= 0.6 is 0 Å². The quantitative estimate of drug-likeness (QED) is 0.831. The Hall–Kier alpha value is -2.76. The number of furan rings is 1. The summed E-state index contributed by atoms with van der Waals surface area (Å²) in [5.74, 6) is -0.685. The van der Waals surface area contributed by atoms with Gasteiger partial charge in [0.25, 0.3) is 5.91 Å². The monoisotopic (exact) mass is 356 g/mol. The average molecular weight is 356 g/mol. The van der Waals surface area contributed by atoms with Crippen molar-refractivity contribution in [3.05, 3.63) is 53.5 Å². The molecule has 1 atom stereocenters. The van der Waals surface area contributed by atoms with Gasteiger partial charge in [0.2, 0.25) is 0 Å². The summed E-state index contributed by atoms with van der Waals surface area (Å²) in [6.45, 7) is 5.85. The third kappa shape index (κ3) is 3.45. The van der Waals surface area contributed by atoms with Crippen LogP contribution in [0.5, 0.6) is 0 Å². The van der Waals surface area contributed by atoms with E-state index in [9.17, 15) is 14.7 Å². The molecule has 138 valence electrons. The zero-order valence-electron chi connectivity index (χ0n) is 15.3. The Morgan fingerprint density at radius 1 is 1.31 bits per heavy atom. The molecule has 2 aromatic rings. The van der Waals surface area contributed by atoms with Crippen molar-refractivity contribution >= 4 is 17.6 Å². The Kier molecular flexibility index (Phi) is 4.76. The molecule has 1 aliphatic heterocycles. The van der Waals surface area contributed by atoms with Crippen molar-refractivity contribution in [3.63, 3.8) is 0 Å². The maximum absolute atomic E-state index is 12.5. The molecule has 0 bridgehead atoms. The van der Waals surface area contributed by atoms with E-state index in [0.29, 0.717) is 23.9 Å². The summed E-state index contributed by atoms with van der Waals surface area (Å²) in [6, 6.07) is 10.2. The van der Waals surface area contributed by atoms with Gasteiger partial charge in [-0.25, -0.2) is 0 Å². The van der Waals surface area contributed by atoms with E-state index in [-0.39, 0.29) is 12.5 Å². The largest absolute Gasteiger partial charge is 0.481 e. The number of aliphatic carboxylic acids is 1. The highest BCUT2D eigenvalue weighted by Crippen LogP contribution is 2.33. The second-order valence-corrected chi connectivity index (χ2v) is 7.44. The number of carbonyl (C=O) groups is 2. The first-order chi connectivity index (χ1) is 12.3. The molecule has 0 aliphatic carbocycles. The number of carboxylic acids is 1. The number of anilines is 1. The molecule has 0 spiro atoms. The second kappa shape index (κ2) is 6.86. The fourth-order valence-electron chi connectivity index (χ4n) is 3.16. The Labute approximate surface area is 152 Å². The SMILES string of the molecule is CC1Cc2ccccc2N1Cc1occc1C(=O)NCC(C)(C)C(=O)O. The first kappa shape index (κ1) is 18.0. The molecule has 1 aliphatic rings. The lowest BCUT2D eigenvalue weighted by Gasteiger charge is -2.24. The van der Waals surface area contributed by atoms with Gasteiger partial charge in [0.1, 0.15) is 5.76 Å². The van der Waals surface area contributed by atoms with Crippen LogP contribution in [0.4, 0.5) is 5.69 Å². The topological polar surface area (TPSA) is 82.8 Å². The molecule has 1 aromatic carbocycles. The van der Waals surface area contributed by atoms with Crippen LogP contribution in [0.25, 0.3) is 0 Å². The Morgan fingerprint density at radius 3 is 2.77 bits per heavy atom. The summed E-state index contributed by atoms with van der Waals surface area (Å²) < 4.78 is 5.57. The van der Waals surface area contributed by atoms with E-state index >= 15 is 0 Å². The second-order valence-electron chi connectivity index (χ2n) is 7.44. The molecular weight excluding hydrogens is 332 g/mol. The number of rotatable bonds is 6. The fraction of sp³-hybridized carbons (Fsp3) is 0.400. The molecule has 0 saturated carbocycles. The number of benzene rings is 1. The van der Waals surface area contributed by atoms with Crippen molar-refractivity contribution in [2.45, 2.75) is 39.8 Å². The molecule has 2 N–H and O–H groups in total. The van der Waals surface area contributed by atoms with Crippen molar-refractivity contribution in [1.82, 2.24) is 5.32 Å². The van der Waals surface area contributed by atoms with E-state index in [1.54, 1.807) is 19.9 Å². The number of nitrogens with zero attached hydrogens (tertiary/aromatic N) is 1. The smallest absolute Gasteiger partial charge is 0.310 e. The first-order valence-electron chi connectivity index (χ1n) is 8.72. The summed E-state index contributed by atoms with van der Waals surface area (Å²) in [5, 5.41) is 11.9. The van der Waals surface area contributed by atoms with Crippen molar-refractivity contribution < 1.29 is 19.1 Å². The molecule has 26 heavy (non-hydrogen) atoms. The Bertz CT molecular complexity index is 825. The highest BCUT2D eigenvalue weighted by Gasteiger charge is 2.30. The van der Waals surface area contributed by atoms with E-state index < -0.39 is 11.4 Å². The zero-order chi connectivity index (χ0) is 18.9. The Balaban J connectivity index is 1.73. The number of hydrogen-bond acceptors (Lipinski definition) is 4. The van der Waals surface area contributed by atoms with Crippen molar-refractivity contribution in [3.8, 4) is 0 Å². The van der Waals surface area contributed by atoms with Gasteiger partial charge in [-0.1, -0.05) is 18.2 Å². The van der Waals surface area contributed by atoms with E-state index in [0.717, 1.165) is 12.1 Å². The van der Waals surface area contributed by atoms with Crippen LogP contribution in [0, 0.1) is 5.41 Å². The molecule has 0 fully saturated rings. The van der Waals surface area contributed by atoms with Gasteiger partial charge < -0.3 is 19.7 Å². The lowest BCUT2D eigenvalue weighted by molar-refractivity contribution is -0.146. The predicted octanol–water partition coefficient (Wildman–Crippen LogP) is 3.07. The van der Waals surface area contributed by atoms with Gasteiger partial charge >= 0.3 is 5.97 Å². The summed E-state index contributed by atoms with van der Waals surface area (Å²) in [4.78, 5) is 25.9. The number of carboxylic acid groups (broad SMARTS) is 1. The highest BCUT2D eigenvalue weighted by molar-refractivity contribution is 5.95. The normalized spacial score (nSPS) is 16.4. The third-order valence-electron chi connectivity index (χ3n) is 4.92. The van der Waals surface area contributed by atoms with E-state index in [4.69, 9.17) is 4.42 Å². The van der Waals surface area contributed by atoms with Gasteiger partial charge in [-0.2, -0.15) is 0 Å². The third-order valence-corrected chi connectivity index (χ3v) is 4.92. The maximum atomic E-state index is 12.5. The van der Waals surface area contributed by atoms with Gasteiger partial charge in [0, 0.05) is 18.3 Å². The number of carbonyl (C=O) groups excluding carboxylic acids is 1. The van der Waals surface area contributed by atoms with E-state index in [2.05, 4.69) is 29.3 Å². The van der Waals surface area contributed by atoms with Crippen molar-refractivity contribution in [2.75, 3.05) is 11.4 Å². The van der Waals surface area contributed by atoms with Gasteiger partial charge in [0.15, 0.2) is 0 Å². The fourth-order valence-corrected chi connectivity index (χ4v) is 3.16. The van der Waals surface area contributed by atoms with E-state index in [1.165, 1.54) is 11.8 Å². The number of para-hydroxylation sites is 1. The maximum Gasteiger partial charge on any atom is 0.310 e. The lowest BCUT2D eigenvalue weighted by atomic mass is 9.94. The number of hydrogen-bond donors (Lipinski definition) is 2. The number of nitrogens with one attached hydrogen (secondary N) is 1. The summed E-state index contributed by atoms with van der Waals surface area (Å²) in [6.07, 6.45) is 2.46. The minimum Gasteiger partial charge on any atom is -0.481 e. The van der Waals surface area contributed by atoms with E-state index in [1.807, 2.05) is 12.1 Å². The molecule has 0 radical (unpaired) electrons. The van der Waals surface area contributed by atoms with Crippen LogP contribution in [0.1, 0.15) is 42.5 Å². The minimum absolute atomic E-state index is 0.0503. The van der Waals surface area contributed by atoms with Crippen LogP contribution < -0.4 is 10.2 Å². The molecule has 2 heterocycles. The molecule has 1 amide bonds. The predicted molar refractivity (Wildman–Crippen MR) is 98.2 cm³/mol.